The van der Waals surface area contributed by atoms with Gasteiger partial charge >= 0.3 is 6.03 Å². The quantitative estimate of drug-likeness (QED) is 0.419. The summed E-state index contributed by atoms with van der Waals surface area (Å²) in [6.45, 7) is 0. The fourth-order valence-corrected chi connectivity index (χ4v) is 1.51. The standard InChI is InChI=1S/C4H7N3O4S/c5-12(10,11)1-2-3(8)7-4(9)6-2/h2H,1H2,(H2,5,10,11)(H2,6,7,8,9)/t2-/m0/s1. The maximum Gasteiger partial charge on any atom is 0.322 e. The lowest BCUT2D eigenvalue weighted by Gasteiger charge is -2.03. The van der Waals surface area contributed by atoms with Gasteiger partial charge in [-0.15, -0.1) is 0 Å². The van der Waals surface area contributed by atoms with Crippen molar-refractivity contribution in [2.24, 2.45) is 5.14 Å². The molecular weight excluding hydrogens is 186 g/mol. The van der Waals surface area contributed by atoms with Crippen LogP contribution < -0.4 is 15.8 Å². The summed E-state index contributed by atoms with van der Waals surface area (Å²) < 4.78 is 21.0. The number of urea groups is 1. The van der Waals surface area contributed by atoms with Gasteiger partial charge in [-0.05, 0) is 0 Å². The number of primary sulfonamides is 1. The van der Waals surface area contributed by atoms with Crippen molar-refractivity contribution in [3.63, 3.8) is 0 Å². The van der Waals surface area contributed by atoms with Gasteiger partial charge in [-0.3, -0.25) is 10.1 Å². The van der Waals surface area contributed by atoms with E-state index in [9.17, 15) is 18.0 Å². The van der Waals surface area contributed by atoms with Gasteiger partial charge in [-0.25, -0.2) is 18.4 Å². The van der Waals surface area contributed by atoms with Gasteiger partial charge in [0.2, 0.25) is 10.0 Å². The van der Waals surface area contributed by atoms with Crippen LogP contribution in [0.3, 0.4) is 0 Å². The normalized spacial score (nSPS) is 23.6. The summed E-state index contributed by atoms with van der Waals surface area (Å²) in [5.41, 5.74) is 0. The van der Waals surface area contributed by atoms with Crippen LogP contribution in [0.4, 0.5) is 4.79 Å². The number of hydrogen-bond donors (Lipinski definition) is 3. The first-order chi connectivity index (χ1) is 5.38. The molecule has 7 nitrogen and oxygen atoms in total. The van der Waals surface area contributed by atoms with Crippen LogP contribution in [-0.4, -0.2) is 32.2 Å². The number of imide groups is 1. The molecule has 0 bridgehead atoms. The van der Waals surface area contributed by atoms with E-state index in [1.807, 2.05) is 5.32 Å². The van der Waals surface area contributed by atoms with Crippen LogP contribution in [0.25, 0.3) is 0 Å². The Balaban J connectivity index is 2.67. The highest BCUT2D eigenvalue weighted by Gasteiger charge is 2.32. The molecule has 0 radical (unpaired) electrons. The van der Waals surface area contributed by atoms with Gasteiger partial charge < -0.3 is 5.32 Å². The summed E-state index contributed by atoms with van der Waals surface area (Å²) in [4.78, 5) is 21.2. The molecule has 4 N–H and O–H groups in total. The summed E-state index contributed by atoms with van der Waals surface area (Å²) in [7, 11) is -3.74. The Hall–Kier alpha value is -1.15. The molecule has 1 aliphatic heterocycles. The molecule has 1 aliphatic rings. The van der Waals surface area contributed by atoms with E-state index >= 15 is 0 Å². The Morgan fingerprint density at radius 1 is 1.42 bits per heavy atom. The summed E-state index contributed by atoms with van der Waals surface area (Å²) >= 11 is 0. The summed E-state index contributed by atoms with van der Waals surface area (Å²) in [5.74, 6) is -1.25. The van der Waals surface area contributed by atoms with Crippen molar-refractivity contribution in [1.82, 2.24) is 10.6 Å². The molecule has 1 heterocycles. The fourth-order valence-electron chi connectivity index (χ4n) is 0.809. The highest BCUT2D eigenvalue weighted by Crippen LogP contribution is 1.95. The van der Waals surface area contributed by atoms with Crippen molar-refractivity contribution in [2.45, 2.75) is 6.04 Å². The second-order valence-corrected chi connectivity index (χ2v) is 4.00. The van der Waals surface area contributed by atoms with E-state index in [0.717, 1.165) is 0 Å². The van der Waals surface area contributed by atoms with Gasteiger partial charge in [0.05, 0.1) is 5.75 Å². The molecule has 0 unspecified atom stereocenters. The van der Waals surface area contributed by atoms with Crippen molar-refractivity contribution in [3.8, 4) is 0 Å². The summed E-state index contributed by atoms with van der Waals surface area (Å²) in [6.07, 6.45) is 0. The van der Waals surface area contributed by atoms with Crippen LogP contribution in [0.2, 0.25) is 0 Å². The van der Waals surface area contributed by atoms with Crippen LogP contribution in [0.1, 0.15) is 0 Å². The van der Waals surface area contributed by atoms with Crippen LogP contribution in [0, 0.1) is 0 Å². The lowest BCUT2D eigenvalue weighted by Crippen LogP contribution is -2.38. The number of carbonyl (C=O) groups excluding carboxylic acids is 2. The van der Waals surface area contributed by atoms with Crippen molar-refractivity contribution in [1.29, 1.82) is 0 Å². The monoisotopic (exact) mass is 193 g/mol. The number of hydrogen-bond acceptors (Lipinski definition) is 4. The second-order valence-electron chi connectivity index (χ2n) is 2.34. The van der Waals surface area contributed by atoms with Gasteiger partial charge in [-0.2, -0.15) is 0 Å². The Kier molecular flexibility index (Phi) is 2.02. The molecule has 0 saturated carbocycles. The lowest BCUT2D eigenvalue weighted by molar-refractivity contribution is -0.119. The van der Waals surface area contributed by atoms with Gasteiger partial charge in [0.1, 0.15) is 6.04 Å². The van der Waals surface area contributed by atoms with E-state index in [1.165, 1.54) is 0 Å². The molecule has 8 heteroatoms. The van der Waals surface area contributed by atoms with Gasteiger partial charge in [0.15, 0.2) is 0 Å². The third-order valence-corrected chi connectivity index (χ3v) is 2.06. The molecular formula is C4H7N3O4S. The van der Waals surface area contributed by atoms with E-state index in [4.69, 9.17) is 0 Å². The first-order valence-corrected chi connectivity index (χ1v) is 4.72. The van der Waals surface area contributed by atoms with Crippen molar-refractivity contribution < 1.29 is 18.0 Å². The van der Waals surface area contributed by atoms with E-state index in [0.29, 0.717) is 0 Å². The zero-order chi connectivity index (χ0) is 9.35. The topological polar surface area (TPSA) is 118 Å². The zero-order valence-corrected chi connectivity index (χ0v) is 6.72. The average Bonchev–Trinajstić information content (AvgIpc) is 2.06. The highest BCUT2D eigenvalue weighted by atomic mass is 32.2. The van der Waals surface area contributed by atoms with Crippen molar-refractivity contribution >= 4 is 22.0 Å². The number of nitrogens with one attached hydrogen (secondary N) is 2. The maximum absolute atomic E-state index is 10.7. The first kappa shape index (κ1) is 8.94. The second kappa shape index (κ2) is 2.72. The Morgan fingerprint density at radius 3 is 2.33 bits per heavy atom. The molecule has 3 amide bonds. The van der Waals surface area contributed by atoms with Gasteiger partial charge in [0.25, 0.3) is 5.91 Å². The predicted molar refractivity (Wildman–Crippen MR) is 38.4 cm³/mol. The van der Waals surface area contributed by atoms with Crippen molar-refractivity contribution in [3.05, 3.63) is 0 Å². The fraction of sp³-hybridized carbons (Fsp3) is 0.500. The number of nitrogens with two attached hydrogens (primary N) is 1. The number of carbonyl (C=O) groups is 2. The minimum Gasteiger partial charge on any atom is -0.325 e. The molecule has 0 aromatic heterocycles. The van der Waals surface area contributed by atoms with Gasteiger partial charge in [-0.1, -0.05) is 0 Å². The molecule has 0 spiro atoms. The van der Waals surface area contributed by atoms with Crippen molar-refractivity contribution in [2.75, 3.05) is 5.75 Å². The molecule has 0 aromatic rings. The summed E-state index contributed by atoms with van der Waals surface area (Å²) in [5, 5.41) is 8.65. The number of sulfonamides is 1. The van der Waals surface area contributed by atoms with Crippen LogP contribution in [-0.2, 0) is 14.8 Å². The lowest BCUT2D eigenvalue weighted by atomic mass is 10.3. The van der Waals surface area contributed by atoms with E-state index in [-0.39, 0.29) is 0 Å². The van der Waals surface area contributed by atoms with E-state index < -0.39 is 33.8 Å². The zero-order valence-electron chi connectivity index (χ0n) is 5.90. The Labute approximate surface area is 68.4 Å². The SMILES string of the molecule is NS(=O)(=O)C[C@@H]1NC(=O)NC1=O. The molecule has 68 valence electrons. The van der Waals surface area contributed by atoms with E-state index in [2.05, 4.69) is 10.5 Å². The highest BCUT2D eigenvalue weighted by molar-refractivity contribution is 7.89. The third kappa shape index (κ3) is 2.17. The minimum absolute atomic E-state index is 0.579. The minimum atomic E-state index is -3.74. The van der Waals surface area contributed by atoms with E-state index in [1.54, 1.807) is 0 Å². The Morgan fingerprint density at radius 2 is 2.00 bits per heavy atom. The number of amides is 3. The Bertz CT molecular complexity index is 321. The first-order valence-electron chi connectivity index (χ1n) is 3.00. The maximum atomic E-state index is 10.7. The molecule has 1 fully saturated rings. The number of rotatable bonds is 2. The molecule has 1 atom stereocenters. The largest absolute Gasteiger partial charge is 0.325 e. The van der Waals surface area contributed by atoms with Gasteiger partial charge in [0, 0.05) is 0 Å². The molecule has 0 aromatic carbocycles. The predicted octanol–water partition coefficient (Wildman–Crippen LogP) is -2.52. The molecule has 12 heavy (non-hydrogen) atoms. The van der Waals surface area contributed by atoms with Crippen LogP contribution in [0.15, 0.2) is 0 Å². The molecule has 0 aliphatic carbocycles. The van der Waals surface area contributed by atoms with Crippen LogP contribution in [0.5, 0.6) is 0 Å². The smallest absolute Gasteiger partial charge is 0.322 e. The molecule has 1 rings (SSSR count). The third-order valence-electron chi connectivity index (χ3n) is 1.26. The summed E-state index contributed by atoms with van der Waals surface area (Å²) in [6, 6.07) is -1.76. The molecule has 1 saturated heterocycles. The van der Waals surface area contributed by atoms with Crippen LogP contribution >= 0.6 is 0 Å². The average molecular weight is 193 g/mol.